The smallest absolute Gasteiger partial charge is 0.246 e. The average molecular weight is 425 g/mol. The van der Waals surface area contributed by atoms with Gasteiger partial charge in [-0.1, -0.05) is 36.8 Å². The molecule has 0 aliphatic carbocycles. The van der Waals surface area contributed by atoms with Gasteiger partial charge in [-0.25, -0.2) is 0 Å². The number of hydrogen-bond donors (Lipinski definition) is 2. The van der Waals surface area contributed by atoms with E-state index in [1.807, 2.05) is 30.3 Å². The van der Waals surface area contributed by atoms with Crippen LogP contribution in [-0.4, -0.2) is 58.2 Å². The summed E-state index contributed by atoms with van der Waals surface area (Å²) in [4.78, 5) is 27.3. The molecule has 0 bridgehead atoms. The number of carbonyl (C=O) groups is 2. The predicted octanol–water partition coefficient (Wildman–Crippen LogP) is 1.79. The van der Waals surface area contributed by atoms with Gasteiger partial charge in [0.2, 0.25) is 11.8 Å². The minimum Gasteiger partial charge on any atom is -0.357 e. The van der Waals surface area contributed by atoms with Crippen LogP contribution in [0, 0.1) is 0 Å². The molecule has 31 heavy (non-hydrogen) atoms. The fraction of sp³-hybridized carbons (Fsp3) is 0.565. The molecule has 8 heteroatoms. The molecule has 2 amide bonds. The van der Waals surface area contributed by atoms with Gasteiger partial charge in [-0.05, 0) is 37.8 Å². The van der Waals surface area contributed by atoms with E-state index in [1.165, 1.54) is 19.3 Å². The Labute approximate surface area is 183 Å². The summed E-state index contributed by atoms with van der Waals surface area (Å²) < 4.78 is 2.32. The van der Waals surface area contributed by atoms with Gasteiger partial charge in [0.05, 0.1) is 6.54 Å². The van der Waals surface area contributed by atoms with Crippen LogP contribution in [0.4, 0.5) is 0 Å². The van der Waals surface area contributed by atoms with Crippen LogP contribution >= 0.6 is 0 Å². The molecule has 0 spiro atoms. The Morgan fingerprint density at radius 1 is 1.10 bits per heavy atom. The molecule has 1 aromatic heterocycles. The Kier molecular flexibility index (Phi) is 6.96. The van der Waals surface area contributed by atoms with E-state index >= 15 is 0 Å². The maximum Gasteiger partial charge on any atom is 0.246 e. The third-order valence-corrected chi connectivity index (χ3v) is 6.32. The maximum atomic E-state index is 12.8. The Balaban J connectivity index is 1.39. The lowest BCUT2D eigenvalue weighted by molar-refractivity contribution is -0.129. The van der Waals surface area contributed by atoms with E-state index in [-0.39, 0.29) is 18.4 Å². The zero-order valence-corrected chi connectivity index (χ0v) is 18.2. The summed E-state index contributed by atoms with van der Waals surface area (Å²) in [5.74, 6) is 2.12. The number of nitrogens with one attached hydrogen (secondary N) is 2. The molecule has 0 saturated carbocycles. The summed E-state index contributed by atoms with van der Waals surface area (Å²) in [6.07, 6.45) is 6.71. The summed E-state index contributed by atoms with van der Waals surface area (Å²) in [6.45, 7) is 2.94. The number of carbonyl (C=O) groups excluding carboxylic acids is 2. The van der Waals surface area contributed by atoms with Gasteiger partial charge in [0.15, 0.2) is 0 Å². The second-order valence-corrected chi connectivity index (χ2v) is 8.54. The number of fused-ring (bicyclic) bond motifs is 1. The predicted molar refractivity (Wildman–Crippen MR) is 117 cm³/mol. The first-order chi connectivity index (χ1) is 15.2. The summed E-state index contributed by atoms with van der Waals surface area (Å²) >= 11 is 0. The van der Waals surface area contributed by atoms with Crippen molar-refractivity contribution >= 4 is 11.8 Å². The molecule has 1 aromatic carbocycles. The average Bonchev–Trinajstić information content (AvgIpc) is 3.06. The first-order valence-electron chi connectivity index (χ1n) is 11.4. The molecule has 166 valence electrons. The van der Waals surface area contributed by atoms with Crippen LogP contribution in [0.1, 0.15) is 61.3 Å². The first-order valence-corrected chi connectivity index (χ1v) is 11.4. The molecule has 8 nitrogen and oxygen atoms in total. The molecule has 3 heterocycles. The summed E-state index contributed by atoms with van der Waals surface area (Å²) in [7, 11) is 1.58. The van der Waals surface area contributed by atoms with Crippen LogP contribution in [-0.2, 0) is 22.6 Å². The Morgan fingerprint density at radius 2 is 1.94 bits per heavy atom. The quantitative estimate of drug-likeness (QED) is 0.738. The maximum absolute atomic E-state index is 12.8. The van der Waals surface area contributed by atoms with Crippen LogP contribution in [0.25, 0.3) is 0 Å². The van der Waals surface area contributed by atoms with E-state index in [1.54, 1.807) is 7.05 Å². The number of rotatable bonds is 6. The van der Waals surface area contributed by atoms with Gasteiger partial charge in [-0.15, -0.1) is 10.2 Å². The molecular formula is C23H32N6O2. The van der Waals surface area contributed by atoms with E-state index in [9.17, 15) is 9.59 Å². The molecule has 0 radical (unpaired) electrons. The van der Waals surface area contributed by atoms with Crippen molar-refractivity contribution in [3.63, 3.8) is 0 Å². The molecule has 1 fully saturated rings. The molecule has 2 unspecified atom stereocenters. The number of aromatic nitrogens is 3. The van der Waals surface area contributed by atoms with Crippen molar-refractivity contribution in [1.82, 2.24) is 30.3 Å². The van der Waals surface area contributed by atoms with E-state index in [2.05, 4.69) is 30.3 Å². The lowest BCUT2D eigenvalue weighted by Gasteiger charge is -2.32. The highest BCUT2D eigenvalue weighted by atomic mass is 16.2. The fourth-order valence-corrected chi connectivity index (χ4v) is 4.72. The monoisotopic (exact) mass is 424 g/mol. The van der Waals surface area contributed by atoms with Crippen LogP contribution in [0.15, 0.2) is 30.3 Å². The van der Waals surface area contributed by atoms with Crippen molar-refractivity contribution in [2.24, 2.45) is 0 Å². The fourth-order valence-electron chi connectivity index (χ4n) is 4.72. The topological polar surface area (TPSA) is 92.2 Å². The van der Waals surface area contributed by atoms with Gasteiger partial charge in [0.1, 0.15) is 17.7 Å². The van der Waals surface area contributed by atoms with Crippen LogP contribution in [0.2, 0.25) is 0 Å². The van der Waals surface area contributed by atoms with Crippen molar-refractivity contribution in [3.05, 3.63) is 47.5 Å². The molecule has 1 saturated heterocycles. The highest BCUT2D eigenvalue weighted by Crippen LogP contribution is 2.28. The number of aryl methyl sites for hydroxylation is 1. The third kappa shape index (κ3) is 5.12. The van der Waals surface area contributed by atoms with E-state index in [0.29, 0.717) is 5.92 Å². The molecule has 2 aromatic rings. The minimum atomic E-state index is -0.688. The van der Waals surface area contributed by atoms with Gasteiger partial charge in [-0.3, -0.25) is 14.5 Å². The van der Waals surface area contributed by atoms with Crippen molar-refractivity contribution in [3.8, 4) is 0 Å². The van der Waals surface area contributed by atoms with Crippen molar-refractivity contribution in [1.29, 1.82) is 0 Å². The Bertz CT molecular complexity index is 897. The van der Waals surface area contributed by atoms with E-state index in [0.717, 1.165) is 56.1 Å². The third-order valence-electron chi connectivity index (χ3n) is 6.32. The molecular weight excluding hydrogens is 392 g/mol. The van der Waals surface area contributed by atoms with Crippen molar-refractivity contribution in [2.75, 3.05) is 26.7 Å². The van der Waals surface area contributed by atoms with Gasteiger partial charge in [0, 0.05) is 32.5 Å². The van der Waals surface area contributed by atoms with Crippen LogP contribution in [0.3, 0.4) is 0 Å². The summed E-state index contributed by atoms with van der Waals surface area (Å²) in [6, 6.07) is 8.65. The number of amides is 2. The van der Waals surface area contributed by atoms with E-state index < -0.39 is 6.04 Å². The second-order valence-electron chi connectivity index (χ2n) is 8.54. The normalized spacial score (nSPS) is 20.4. The second kappa shape index (κ2) is 10.0. The van der Waals surface area contributed by atoms with Crippen LogP contribution < -0.4 is 10.6 Å². The number of hydrogen-bond acceptors (Lipinski definition) is 5. The Hall–Kier alpha value is -2.74. The van der Waals surface area contributed by atoms with Crippen molar-refractivity contribution < 1.29 is 9.59 Å². The number of likely N-dealkylation sites (N-methyl/N-ethyl adjacent to an activating group) is 1. The minimum absolute atomic E-state index is 0.141. The highest BCUT2D eigenvalue weighted by Gasteiger charge is 2.29. The molecule has 2 N–H and O–H groups in total. The standard InChI is InChI=1S/C23H32N6O2/c1-24-23(31)21(17-9-4-2-5-10-17)25-20(30)16-28-13-8-11-18(15-28)22-27-26-19-12-6-3-7-14-29(19)22/h2,4-5,9-10,18,21H,3,6-8,11-16H2,1H3,(H,24,31)(H,25,30). The number of likely N-dealkylation sites (tertiary alicyclic amines) is 1. The molecule has 2 aliphatic rings. The lowest BCUT2D eigenvalue weighted by Crippen LogP contribution is -2.46. The zero-order valence-electron chi connectivity index (χ0n) is 18.2. The van der Waals surface area contributed by atoms with Crippen molar-refractivity contribution in [2.45, 2.75) is 57.0 Å². The molecule has 4 rings (SSSR count). The van der Waals surface area contributed by atoms with Gasteiger partial charge in [0.25, 0.3) is 0 Å². The van der Waals surface area contributed by atoms with Crippen LogP contribution in [0.5, 0.6) is 0 Å². The Morgan fingerprint density at radius 3 is 2.74 bits per heavy atom. The number of nitrogens with zero attached hydrogens (tertiary/aromatic N) is 4. The largest absolute Gasteiger partial charge is 0.357 e. The number of benzene rings is 1. The summed E-state index contributed by atoms with van der Waals surface area (Å²) in [5, 5.41) is 14.5. The number of piperidine rings is 1. The highest BCUT2D eigenvalue weighted by molar-refractivity contribution is 5.89. The zero-order chi connectivity index (χ0) is 21.6. The van der Waals surface area contributed by atoms with Gasteiger partial charge >= 0.3 is 0 Å². The first kappa shape index (κ1) is 21.5. The van der Waals surface area contributed by atoms with Gasteiger partial charge < -0.3 is 15.2 Å². The summed E-state index contributed by atoms with van der Waals surface area (Å²) in [5.41, 5.74) is 0.776. The lowest BCUT2D eigenvalue weighted by atomic mass is 9.97. The van der Waals surface area contributed by atoms with Gasteiger partial charge in [-0.2, -0.15) is 0 Å². The molecule has 2 aliphatic heterocycles. The molecule has 2 atom stereocenters. The SMILES string of the molecule is CNC(=O)C(NC(=O)CN1CCCC(c2nnc3n2CCCCC3)C1)c1ccccc1. The van der Waals surface area contributed by atoms with E-state index in [4.69, 9.17) is 0 Å².